The summed E-state index contributed by atoms with van der Waals surface area (Å²) >= 11 is 3.53. The van der Waals surface area contributed by atoms with Gasteiger partial charge in [-0.15, -0.1) is 0 Å². The molecule has 1 atom stereocenters. The van der Waals surface area contributed by atoms with E-state index in [-0.39, 0.29) is 0 Å². The number of aromatic nitrogens is 1. The standard InChI is InChI=1S/C12H18BrN3/c1-9-6-11(13)12(14-7-9)15-8-10-4-3-5-16(10)2/h6-7,10H,3-5,8H2,1-2H3,(H,14,15). The van der Waals surface area contributed by atoms with Crippen molar-refractivity contribution in [3.63, 3.8) is 0 Å². The summed E-state index contributed by atoms with van der Waals surface area (Å²) < 4.78 is 1.05. The third-order valence-corrected chi connectivity index (χ3v) is 3.76. The maximum absolute atomic E-state index is 4.39. The molecule has 0 aliphatic carbocycles. The van der Waals surface area contributed by atoms with Crippen LogP contribution in [0.15, 0.2) is 16.7 Å². The summed E-state index contributed by atoms with van der Waals surface area (Å²) in [6.45, 7) is 4.24. The average molecular weight is 284 g/mol. The zero-order valence-electron chi connectivity index (χ0n) is 9.83. The lowest BCUT2D eigenvalue weighted by Gasteiger charge is -2.20. The number of nitrogens with zero attached hydrogens (tertiary/aromatic N) is 2. The van der Waals surface area contributed by atoms with Crippen LogP contribution in [-0.4, -0.2) is 36.1 Å². The third-order valence-electron chi connectivity index (χ3n) is 3.15. The van der Waals surface area contributed by atoms with Gasteiger partial charge in [0.2, 0.25) is 0 Å². The van der Waals surface area contributed by atoms with Gasteiger partial charge >= 0.3 is 0 Å². The quantitative estimate of drug-likeness (QED) is 0.925. The zero-order chi connectivity index (χ0) is 11.5. The van der Waals surface area contributed by atoms with Crippen LogP contribution in [0.2, 0.25) is 0 Å². The first-order chi connectivity index (χ1) is 7.66. The number of aryl methyl sites for hydroxylation is 1. The van der Waals surface area contributed by atoms with E-state index < -0.39 is 0 Å². The first kappa shape index (κ1) is 11.9. The third kappa shape index (κ3) is 2.74. The van der Waals surface area contributed by atoms with E-state index in [4.69, 9.17) is 0 Å². The molecule has 2 rings (SSSR count). The Kier molecular flexibility index (Phi) is 3.82. The molecule has 16 heavy (non-hydrogen) atoms. The van der Waals surface area contributed by atoms with Gasteiger partial charge in [-0.3, -0.25) is 0 Å². The maximum Gasteiger partial charge on any atom is 0.140 e. The molecule has 0 spiro atoms. The molecule has 1 aliphatic heterocycles. The molecule has 1 aromatic heterocycles. The van der Waals surface area contributed by atoms with Gasteiger partial charge in [-0.2, -0.15) is 0 Å². The minimum absolute atomic E-state index is 0.648. The number of hydrogen-bond acceptors (Lipinski definition) is 3. The summed E-state index contributed by atoms with van der Waals surface area (Å²) in [6, 6.07) is 2.74. The van der Waals surface area contributed by atoms with E-state index in [1.54, 1.807) is 0 Å². The van der Waals surface area contributed by atoms with Gasteiger partial charge in [0.25, 0.3) is 0 Å². The number of rotatable bonds is 3. The molecule has 1 aliphatic rings. The van der Waals surface area contributed by atoms with Crippen LogP contribution in [0.1, 0.15) is 18.4 Å². The zero-order valence-corrected chi connectivity index (χ0v) is 11.4. The molecule has 1 aromatic rings. The second-order valence-electron chi connectivity index (χ2n) is 4.50. The summed E-state index contributed by atoms with van der Waals surface area (Å²) in [5.41, 5.74) is 1.18. The average Bonchev–Trinajstić information content (AvgIpc) is 2.63. The molecule has 1 fully saturated rings. The predicted molar refractivity (Wildman–Crippen MR) is 70.8 cm³/mol. The minimum atomic E-state index is 0.648. The highest BCUT2D eigenvalue weighted by molar-refractivity contribution is 9.10. The normalized spacial score (nSPS) is 21.3. The SMILES string of the molecule is Cc1cnc(NCC2CCCN2C)c(Br)c1. The van der Waals surface area contributed by atoms with Crippen molar-refractivity contribution in [3.05, 3.63) is 22.3 Å². The van der Waals surface area contributed by atoms with Crippen LogP contribution in [0.4, 0.5) is 5.82 Å². The molecule has 3 nitrogen and oxygen atoms in total. The van der Waals surface area contributed by atoms with Gasteiger partial charge in [-0.25, -0.2) is 4.98 Å². The van der Waals surface area contributed by atoms with Crippen LogP contribution >= 0.6 is 15.9 Å². The number of hydrogen-bond donors (Lipinski definition) is 1. The van der Waals surface area contributed by atoms with Crippen LogP contribution < -0.4 is 5.32 Å². The highest BCUT2D eigenvalue weighted by Gasteiger charge is 2.20. The van der Waals surface area contributed by atoms with Crippen molar-refractivity contribution in [2.24, 2.45) is 0 Å². The Morgan fingerprint density at radius 3 is 3.06 bits per heavy atom. The van der Waals surface area contributed by atoms with Gasteiger partial charge in [-0.1, -0.05) is 0 Å². The number of anilines is 1. The molecule has 0 amide bonds. The van der Waals surface area contributed by atoms with Crippen molar-refractivity contribution in [3.8, 4) is 0 Å². The van der Waals surface area contributed by atoms with Gasteiger partial charge in [0.05, 0.1) is 4.47 Å². The van der Waals surface area contributed by atoms with Crippen LogP contribution in [0.25, 0.3) is 0 Å². The lowest BCUT2D eigenvalue weighted by atomic mass is 10.2. The van der Waals surface area contributed by atoms with Crippen LogP contribution in [0.3, 0.4) is 0 Å². The van der Waals surface area contributed by atoms with E-state index in [0.29, 0.717) is 6.04 Å². The van der Waals surface area contributed by atoms with Crippen molar-refractivity contribution in [2.75, 3.05) is 25.5 Å². The molecule has 1 N–H and O–H groups in total. The fraction of sp³-hybridized carbons (Fsp3) is 0.583. The molecule has 0 bridgehead atoms. The Labute approximate surface area is 105 Å². The largest absolute Gasteiger partial charge is 0.368 e. The predicted octanol–water partition coefficient (Wildman–Crippen LogP) is 2.66. The number of halogens is 1. The summed E-state index contributed by atoms with van der Waals surface area (Å²) in [4.78, 5) is 6.80. The smallest absolute Gasteiger partial charge is 0.140 e. The Morgan fingerprint density at radius 1 is 1.62 bits per heavy atom. The van der Waals surface area contributed by atoms with Gasteiger partial charge in [0, 0.05) is 18.8 Å². The van der Waals surface area contributed by atoms with E-state index in [1.165, 1.54) is 24.9 Å². The highest BCUT2D eigenvalue weighted by atomic mass is 79.9. The van der Waals surface area contributed by atoms with E-state index in [2.05, 4.69) is 44.2 Å². The lowest BCUT2D eigenvalue weighted by molar-refractivity contribution is 0.322. The van der Waals surface area contributed by atoms with E-state index in [0.717, 1.165) is 16.8 Å². The van der Waals surface area contributed by atoms with Crippen molar-refractivity contribution in [1.82, 2.24) is 9.88 Å². The van der Waals surface area contributed by atoms with Crippen molar-refractivity contribution < 1.29 is 0 Å². The summed E-state index contributed by atoms with van der Waals surface area (Å²) in [5, 5.41) is 3.41. The lowest BCUT2D eigenvalue weighted by Crippen LogP contribution is -2.31. The fourth-order valence-corrected chi connectivity index (χ4v) is 2.72. The first-order valence-electron chi connectivity index (χ1n) is 5.73. The second-order valence-corrected chi connectivity index (χ2v) is 5.35. The monoisotopic (exact) mass is 283 g/mol. The van der Waals surface area contributed by atoms with E-state index in [9.17, 15) is 0 Å². The molecular formula is C12H18BrN3. The van der Waals surface area contributed by atoms with Crippen molar-refractivity contribution >= 4 is 21.7 Å². The molecule has 1 saturated heterocycles. The Bertz CT molecular complexity index is 367. The van der Waals surface area contributed by atoms with Gasteiger partial charge in [0.1, 0.15) is 5.82 Å². The molecule has 0 aromatic carbocycles. The molecular weight excluding hydrogens is 266 g/mol. The van der Waals surface area contributed by atoms with E-state index >= 15 is 0 Å². The summed E-state index contributed by atoms with van der Waals surface area (Å²) in [5.74, 6) is 0.950. The van der Waals surface area contributed by atoms with Gasteiger partial charge in [-0.05, 0) is 60.9 Å². The highest BCUT2D eigenvalue weighted by Crippen LogP contribution is 2.21. The summed E-state index contributed by atoms with van der Waals surface area (Å²) in [6.07, 6.45) is 4.49. The number of likely N-dealkylation sites (N-methyl/N-ethyl adjacent to an activating group) is 1. The first-order valence-corrected chi connectivity index (χ1v) is 6.52. The van der Waals surface area contributed by atoms with Gasteiger partial charge in [0.15, 0.2) is 0 Å². The van der Waals surface area contributed by atoms with Crippen LogP contribution in [0.5, 0.6) is 0 Å². The Hall–Kier alpha value is -0.610. The molecule has 2 heterocycles. The van der Waals surface area contributed by atoms with Crippen molar-refractivity contribution in [2.45, 2.75) is 25.8 Å². The van der Waals surface area contributed by atoms with E-state index in [1.807, 2.05) is 13.1 Å². The molecule has 0 saturated carbocycles. The number of likely N-dealkylation sites (tertiary alicyclic amines) is 1. The number of pyridine rings is 1. The Balaban J connectivity index is 1.94. The number of nitrogens with one attached hydrogen (secondary N) is 1. The maximum atomic E-state index is 4.39. The summed E-state index contributed by atoms with van der Waals surface area (Å²) in [7, 11) is 2.19. The van der Waals surface area contributed by atoms with Gasteiger partial charge < -0.3 is 10.2 Å². The molecule has 4 heteroatoms. The molecule has 1 unspecified atom stereocenters. The fourth-order valence-electron chi connectivity index (χ4n) is 2.12. The second kappa shape index (κ2) is 5.15. The van der Waals surface area contributed by atoms with Crippen LogP contribution in [0, 0.1) is 6.92 Å². The molecule has 0 radical (unpaired) electrons. The topological polar surface area (TPSA) is 28.2 Å². The van der Waals surface area contributed by atoms with Crippen LogP contribution in [-0.2, 0) is 0 Å². The Morgan fingerprint density at radius 2 is 2.44 bits per heavy atom. The van der Waals surface area contributed by atoms with Crippen molar-refractivity contribution in [1.29, 1.82) is 0 Å². The molecule has 88 valence electrons. The minimum Gasteiger partial charge on any atom is -0.368 e.